The van der Waals surface area contributed by atoms with Crippen LogP contribution in [0.5, 0.6) is 5.75 Å². The molecule has 2 amide bonds. The lowest BCUT2D eigenvalue weighted by Gasteiger charge is -2.16. The lowest BCUT2D eigenvalue weighted by Crippen LogP contribution is -2.28. The van der Waals surface area contributed by atoms with Crippen LogP contribution in [0.25, 0.3) is 0 Å². The highest BCUT2D eigenvalue weighted by Gasteiger charge is 2.34. The van der Waals surface area contributed by atoms with Crippen molar-refractivity contribution in [2.45, 2.75) is 13.0 Å². The van der Waals surface area contributed by atoms with Crippen molar-refractivity contribution in [3.8, 4) is 5.75 Å². The van der Waals surface area contributed by atoms with Gasteiger partial charge in [0.05, 0.1) is 5.92 Å². The first kappa shape index (κ1) is 18.4. The Balaban J connectivity index is 1.58. The summed E-state index contributed by atoms with van der Waals surface area (Å²) in [5.74, 6) is -1.44. The van der Waals surface area contributed by atoms with Gasteiger partial charge >= 0.3 is 5.97 Å². The number of hydrogen-bond donors (Lipinski definition) is 2. The fraction of sp³-hybridized carbons (Fsp3) is 0.250. The van der Waals surface area contributed by atoms with Gasteiger partial charge in [0.25, 0.3) is 0 Å². The van der Waals surface area contributed by atoms with Gasteiger partial charge in [0.15, 0.2) is 6.61 Å². The smallest absolute Gasteiger partial charge is 0.341 e. The van der Waals surface area contributed by atoms with Crippen LogP contribution in [0, 0.1) is 5.92 Å². The van der Waals surface area contributed by atoms with Crippen LogP contribution in [0.3, 0.4) is 0 Å². The molecule has 3 rings (SSSR count). The highest BCUT2D eigenvalue weighted by molar-refractivity contribution is 5.97. The zero-order valence-corrected chi connectivity index (χ0v) is 14.6. The fourth-order valence-corrected chi connectivity index (χ4v) is 2.96. The molecule has 0 radical (unpaired) electrons. The third-order valence-corrected chi connectivity index (χ3v) is 4.27. The summed E-state index contributed by atoms with van der Waals surface area (Å²) in [6.45, 7) is 0.402. The molecule has 7 nitrogen and oxygen atoms in total. The minimum atomic E-state index is -1.08. The van der Waals surface area contributed by atoms with E-state index in [9.17, 15) is 14.4 Å². The van der Waals surface area contributed by atoms with E-state index in [4.69, 9.17) is 9.84 Å². The summed E-state index contributed by atoms with van der Waals surface area (Å²) in [6.07, 6.45) is 0.174. The number of likely N-dealkylation sites (tertiary alicyclic amines) is 1. The van der Waals surface area contributed by atoms with E-state index in [0.717, 1.165) is 5.56 Å². The van der Waals surface area contributed by atoms with Crippen molar-refractivity contribution in [1.29, 1.82) is 0 Å². The lowest BCUT2D eigenvalue weighted by molar-refractivity contribution is -0.139. The Bertz CT molecular complexity index is 837. The molecule has 0 spiro atoms. The average Bonchev–Trinajstić information content (AvgIpc) is 3.02. The highest BCUT2D eigenvalue weighted by Crippen LogP contribution is 2.23. The number of aliphatic carboxylic acids is 1. The summed E-state index contributed by atoms with van der Waals surface area (Å²) in [4.78, 5) is 37.0. The molecule has 1 heterocycles. The number of ether oxygens (including phenoxy) is 1. The molecule has 0 saturated carbocycles. The van der Waals surface area contributed by atoms with E-state index in [1.165, 1.54) is 0 Å². The number of nitrogens with zero attached hydrogens (tertiary/aromatic N) is 1. The van der Waals surface area contributed by atoms with Crippen LogP contribution < -0.4 is 10.1 Å². The Morgan fingerprint density at radius 2 is 1.93 bits per heavy atom. The van der Waals surface area contributed by atoms with Gasteiger partial charge in [-0.25, -0.2) is 4.79 Å². The van der Waals surface area contributed by atoms with E-state index in [2.05, 4.69) is 5.32 Å². The van der Waals surface area contributed by atoms with Crippen molar-refractivity contribution >= 4 is 23.5 Å². The first-order chi connectivity index (χ1) is 13.0. The Labute approximate surface area is 156 Å². The summed E-state index contributed by atoms with van der Waals surface area (Å²) < 4.78 is 5.10. The van der Waals surface area contributed by atoms with Crippen molar-refractivity contribution < 1.29 is 24.2 Å². The molecular formula is C20H20N2O5. The maximum atomic E-state index is 12.5. The van der Waals surface area contributed by atoms with Gasteiger partial charge in [-0.1, -0.05) is 36.4 Å². The highest BCUT2D eigenvalue weighted by atomic mass is 16.5. The third kappa shape index (κ3) is 5.07. The minimum Gasteiger partial charge on any atom is -0.482 e. The van der Waals surface area contributed by atoms with E-state index in [0.29, 0.717) is 24.5 Å². The number of carbonyl (C=O) groups excluding carboxylic acids is 2. The fourth-order valence-electron chi connectivity index (χ4n) is 2.96. The van der Waals surface area contributed by atoms with E-state index in [-0.39, 0.29) is 18.2 Å². The molecule has 1 fully saturated rings. The molecule has 0 bridgehead atoms. The Kier molecular flexibility index (Phi) is 5.71. The topological polar surface area (TPSA) is 95.9 Å². The zero-order valence-electron chi connectivity index (χ0n) is 14.6. The Morgan fingerprint density at radius 3 is 2.67 bits per heavy atom. The quantitative estimate of drug-likeness (QED) is 0.781. The van der Waals surface area contributed by atoms with Crippen LogP contribution in [-0.4, -0.2) is 40.9 Å². The normalized spacial score (nSPS) is 16.2. The Hall–Kier alpha value is -3.35. The molecule has 1 atom stereocenters. The van der Waals surface area contributed by atoms with Gasteiger partial charge in [-0.3, -0.25) is 9.59 Å². The van der Waals surface area contributed by atoms with Crippen molar-refractivity contribution in [2.24, 2.45) is 5.92 Å². The lowest BCUT2D eigenvalue weighted by atomic mass is 10.1. The summed E-state index contributed by atoms with van der Waals surface area (Å²) in [5.41, 5.74) is 1.52. The second-order valence-corrected chi connectivity index (χ2v) is 6.36. The molecule has 1 unspecified atom stereocenters. The van der Waals surface area contributed by atoms with Crippen molar-refractivity contribution in [3.05, 3.63) is 60.2 Å². The molecule has 2 aromatic rings. The number of benzene rings is 2. The standard InChI is InChI=1S/C20H20N2O5/c23-18-9-15(12-22(18)11-14-5-2-1-3-6-14)20(26)21-16-7-4-8-17(10-16)27-13-19(24)25/h1-8,10,15H,9,11-13H2,(H,21,26)(H,24,25). The SMILES string of the molecule is O=C(O)COc1cccc(NC(=O)C2CC(=O)N(Cc3ccccc3)C2)c1. The number of anilines is 1. The van der Waals surface area contributed by atoms with Crippen LogP contribution in [0.4, 0.5) is 5.69 Å². The van der Waals surface area contributed by atoms with Gasteiger partial charge in [0, 0.05) is 31.3 Å². The maximum Gasteiger partial charge on any atom is 0.341 e. The molecule has 2 N–H and O–H groups in total. The van der Waals surface area contributed by atoms with Gasteiger partial charge in [-0.05, 0) is 17.7 Å². The van der Waals surface area contributed by atoms with Crippen LogP contribution in [0.1, 0.15) is 12.0 Å². The van der Waals surface area contributed by atoms with Gasteiger partial charge in [-0.2, -0.15) is 0 Å². The predicted octanol–water partition coefficient (Wildman–Crippen LogP) is 2.14. The van der Waals surface area contributed by atoms with Crippen LogP contribution in [-0.2, 0) is 20.9 Å². The number of rotatable bonds is 7. The second-order valence-electron chi connectivity index (χ2n) is 6.36. The largest absolute Gasteiger partial charge is 0.482 e. The molecule has 27 heavy (non-hydrogen) atoms. The molecule has 1 saturated heterocycles. The molecule has 0 aliphatic carbocycles. The molecule has 1 aliphatic rings. The predicted molar refractivity (Wildman–Crippen MR) is 98.2 cm³/mol. The minimum absolute atomic E-state index is 0.0439. The van der Waals surface area contributed by atoms with Gasteiger partial charge in [0.2, 0.25) is 11.8 Å². The van der Waals surface area contributed by atoms with Crippen LogP contribution >= 0.6 is 0 Å². The van der Waals surface area contributed by atoms with Gasteiger partial charge in [-0.15, -0.1) is 0 Å². The van der Waals surface area contributed by atoms with E-state index in [1.807, 2.05) is 30.3 Å². The molecule has 140 valence electrons. The summed E-state index contributed by atoms with van der Waals surface area (Å²) >= 11 is 0. The van der Waals surface area contributed by atoms with Gasteiger partial charge < -0.3 is 20.1 Å². The number of carbonyl (C=O) groups is 3. The first-order valence-electron chi connectivity index (χ1n) is 8.58. The number of nitrogens with one attached hydrogen (secondary N) is 1. The average molecular weight is 368 g/mol. The van der Waals surface area contributed by atoms with Gasteiger partial charge in [0.1, 0.15) is 5.75 Å². The number of hydrogen-bond acceptors (Lipinski definition) is 4. The monoisotopic (exact) mass is 368 g/mol. The van der Waals surface area contributed by atoms with Crippen LogP contribution in [0.2, 0.25) is 0 Å². The van der Waals surface area contributed by atoms with Crippen molar-refractivity contribution in [2.75, 3.05) is 18.5 Å². The van der Waals surface area contributed by atoms with Crippen molar-refractivity contribution in [3.63, 3.8) is 0 Å². The van der Waals surface area contributed by atoms with Crippen molar-refractivity contribution in [1.82, 2.24) is 4.90 Å². The molecular weight excluding hydrogens is 348 g/mol. The first-order valence-corrected chi connectivity index (χ1v) is 8.58. The molecule has 1 aliphatic heterocycles. The van der Waals surface area contributed by atoms with E-state index < -0.39 is 18.5 Å². The summed E-state index contributed by atoms with van der Waals surface area (Å²) in [7, 11) is 0. The zero-order chi connectivity index (χ0) is 19.2. The van der Waals surface area contributed by atoms with E-state index >= 15 is 0 Å². The van der Waals surface area contributed by atoms with E-state index in [1.54, 1.807) is 29.2 Å². The summed E-state index contributed by atoms with van der Waals surface area (Å²) in [6, 6.07) is 16.2. The maximum absolute atomic E-state index is 12.5. The number of amides is 2. The van der Waals surface area contributed by atoms with Crippen LogP contribution in [0.15, 0.2) is 54.6 Å². The Morgan fingerprint density at radius 1 is 1.15 bits per heavy atom. The third-order valence-electron chi connectivity index (χ3n) is 4.27. The molecule has 2 aromatic carbocycles. The summed E-state index contributed by atoms with van der Waals surface area (Å²) in [5, 5.41) is 11.4. The molecule has 0 aromatic heterocycles. The molecule has 7 heteroatoms. The number of carboxylic acids is 1. The number of carboxylic acid groups (broad SMARTS) is 1. The second kappa shape index (κ2) is 8.35.